The third-order valence-electron chi connectivity index (χ3n) is 5.20. The van der Waals surface area contributed by atoms with Crippen molar-refractivity contribution in [2.75, 3.05) is 13.7 Å². The van der Waals surface area contributed by atoms with Gasteiger partial charge in [0, 0.05) is 12.6 Å². The smallest absolute Gasteiger partial charge is 0.497 e. The van der Waals surface area contributed by atoms with E-state index in [4.69, 9.17) is 18.9 Å². The van der Waals surface area contributed by atoms with Gasteiger partial charge in [0.15, 0.2) is 18.2 Å². The Kier molecular flexibility index (Phi) is 4.92. The van der Waals surface area contributed by atoms with Gasteiger partial charge in [-0.1, -0.05) is 30.3 Å². The molecule has 2 aromatic rings. The molecule has 0 aromatic heterocycles. The van der Waals surface area contributed by atoms with Crippen molar-refractivity contribution in [3.8, 4) is 11.5 Å². The summed E-state index contributed by atoms with van der Waals surface area (Å²) in [5.41, 5.74) is 1.05. The third kappa shape index (κ3) is 3.41. The van der Waals surface area contributed by atoms with E-state index >= 15 is 0 Å². The van der Waals surface area contributed by atoms with E-state index < -0.39 is 30.4 Å². The van der Waals surface area contributed by atoms with Crippen LogP contribution in [0.2, 0.25) is 0 Å². The second-order valence-electron chi connectivity index (χ2n) is 6.81. The first kappa shape index (κ1) is 18.3. The summed E-state index contributed by atoms with van der Waals surface area (Å²) in [4.78, 5) is 26.6. The number of fused-ring (bicyclic) bond motifs is 1. The Hall–Kier alpha value is -3.06. The van der Waals surface area contributed by atoms with E-state index in [-0.39, 0.29) is 6.04 Å². The summed E-state index contributed by atoms with van der Waals surface area (Å²) in [6.45, 7) is 2.40. The van der Waals surface area contributed by atoms with Crippen molar-refractivity contribution in [3.05, 3.63) is 60.2 Å². The maximum atomic E-state index is 13.0. The molecule has 2 aliphatic heterocycles. The second kappa shape index (κ2) is 7.52. The molecule has 7 heteroatoms. The topological polar surface area (TPSA) is 74.3 Å². The van der Waals surface area contributed by atoms with Gasteiger partial charge in [-0.2, -0.15) is 0 Å². The summed E-state index contributed by atoms with van der Waals surface area (Å²) < 4.78 is 21.2. The van der Waals surface area contributed by atoms with E-state index in [9.17, 15) is 9.59 Å². The maximum Gasteiger partial charge on any atom is 0.509 e. The monoisotopic (exact) mass is 383 g/mol. The number of carbonyl (C=O) groups is 2. The lowest BCUT2D eigenvalue weighted by molar-refractivity contribution is -0.142. The summed E-state index contributed by atoms with van der Waals surface area (Å²) in [5.74, 6) is 0.573. The van der Waals surface area contributed by atoms with Gasteiger partial charge in [-0.3, -0.25) is 4.90 Å². The predicted octanol–water partition coefficient (Wildman–Crippen LogP) is 2.95. The van der Waals surface area contributed by atoms with Crippen LogP contribution in [0.3, 0.4) is 0 Å². The largest absolute Gasteiger partial charge is 0.509 e. The average Bonchev–Trinajstić information content (AvgIpc) is 3.24. The van der Waals surface area contributed by atoms with Crippen LogP contribution in [0.5, 0.6) is 11.5 Å². The van der Waals surface area contributed by atoms with Gasteiger partial charge in [0.25, 0.3) is 0 Å². The van der Waals surface area contributed by atoms with Gasteiger partial charge in [0.1, 0.15) is 11.5 Å². The molecule has 0 radical (unpaired) electrons. The minimum absolute atomic E-state index is 0.0810. The van der Waals surface area contributed by atoms with Crippen molar-refractivity contribution < 1.29 is 28.5 Å². The molecule has 7 nitrogen and oxygen atoms in total. The van der Waals surface area contributed by atoms with Crippen molar-refractivity contribution in [2.24, 2.45) is 0 Å². The van der Waals surface area contributed by atoms with Gasteiger partial charge in [0.05, 0.1) is 7.11 Å². The van der Waals surface area contributed by atoms with Crippen LogP contribution in [0.1, 0.15) is 18.5 Å². The number of ether oxygens (including phenoxy) is 4. The molecule has 0 aliphatic carbocycles. The number of hydrogen-bond donors (Lipinski definition) is 0. The highest BCUT2D eigenvalue weighted by atomic mass is 16.8. The normalized spacial score (nSPS) is 24.8. The van der Waals surface area contributed by atoms with Gasteiger partial charge >= 0.3 is 12.1 Å². The molecule has 4 atom stereocenters. The number of nitrogens with zero attached hydrogens (tertiary/aromatic N) is 1. The molecule has 4 rings (SSSR count). The number of likely N-dealkylation sites (tertiary alicyclic amines) is 1. The van der Waals surface area contributed by atoms with Gasteiger partial charge < -0.3 is 18.9 Å². The standard InChI is InChI=1S/C21H21NO6/c1-13(14-6-4-3-5-7-14)22-12-17-19(28-21(24)27-17)18(22)20(23)26-16-10-8-15(25-2)9-11-16/h3-11,13,17-19H,12H2,1-2H3/t13-,17-,18+,19-/m0/s1. The summed E-state index contributed by atoms with van der Waals surface area (Å²) in [6.07, 6.45) is -1.93. The molecule has 0 unspecified atom stereocenters. The summed E-state index contributed by atoms with van der Waals surface area (Å²) >= 11 is 0. The minimum atomic E-state index is -0.756. The Bertz CT molecular complexity index is 853. The fourth-order valence-electron chi connectivity index (χ4n) is 3.74. The van der Waals surface area contributed by atoms with Crippen LogP contribution in [-0.4, -0.2) is 48.9 Å². The van der Waals surface area contributed by atoms with Crippen molar-refractivity contribution in [3.63, 3.8) is 0 Å². The van der Waals surface area contributed by atoms with Gasteiger partial charge in [-0.25, -0.2) is 9.59 Å². The van der Waals surface area contributed by atoms with Crippen molar-refractivity contribution in [1.29, 1.82) is 0 Å². The first-order chi connectivity index (χ1) is 13.6. The molecule has 0 amide bonds. The van der Waals surface area contributed by atoms with E-state index in [0.29, 0.717) is 18.0 Å². The van der Waals surface area contributed by atoms with E-state index in [1.807, 2.05) is 42.2 Å². The zero-order valence-corrected chi connectivity index (χ0v) is 15.6. The van der Waals surface area contributed by atoms with Crippen LogP contribution in [0.15, 0.2) is 54.6 Å². The Morgan fingerprint density at radius 1 is 1.07 bits per heavy atom. The number of esters is 1. The average molecular weight is 383 g/mol. The molecule has 2 heterocycles. The van der Waals surface area contributed by atoms with Crippen molar-refractivity contribution in [1.82, 2.24) is 4.90 Å². The highest BCUT2D eigenvalue weighted by Gasteiger charge is 2.56. The fraction of sp³-hybridized carbons (Fsp3) is 0.333. The maximum absolute atomic E-state index is 13.0. The molecular weight excluding hydrogens is 362 g/mol. The highest BCUT2D eigenvalue weighted by molar-refractivity contribution is 5.81. The zero-order chi connectivity index (χ0) is 19.7. The molecule has 28 heavy (non-hydrogen) atoms. The third-order valence-corrected chi connectivity index (χ3v) is 5.20. The lowest BCUT2D eigenvalue weighted by Gasteiger charge is -2.30. The summed E-state index contributed by atoms with van der Waals surface area (Å²) in [7, 11) is 1.57. The summed E-state index contributed by atoms with van der Waals surface area (Å²) in [6, 6.07) is 15.7. The summed E-state index contributed by atoms with van der Waals surface area (Å²) in [5, 5.41) is 0. The quantitative estimate of drug-likeness (QED) is 0.580. The SMILES string of the molecule is COc1ccc(OC(=O)[C@H]2[C@H]3OC(=O)O[C@H]3CN2[C@@H](C)c2ccccc2)cc1. The molecular formula is C21H21NO6. The number of hydrogen-bond acceptors (Lipinski definition) is 7. The minimum Gasteiger partial charge on any atom is -0.497 e. The van der Waals surface area contributed by atoms with Crippen molar-refractivity contribution in [2.45, 2.75) is 31.2 Å². The molecule has 2 fully saturated rings. The Morgan fingerprint density at radius 2 is 1.75 bits per heavy atom. The van der Waals surface area contributed by atoms with Crippen LogP contribution in [-0.2, 0) is 14.3 Å². The van der Waals surface area contributed by atoms with E-state index in [1.165, 1.54) is 0 Å². The molecule has 2 saturated heterocycles. The predicted molar refractivity (Wildman–Crippen MR) is 99.1 cm³/mol. The second-order valence-corrected chi connectivity index (χ2v) is 6.81. The number of carbonyl (C=O) groups excluding carboxylic acids is 2. The molecule has 146 valence electrons. The van der Waals surface area contributed by atoms with Crippen LogP contribution in [0, 0.1) is 0 Å². The molecule has 0 bridgehead atoms. The van der Waals surface area contributed by atoms with Crippen LogP contribution >= 0.6 is 0 Å². The van der Waals surface area contributed by atoms with Gasteiger partial charge in [-0.05, 0) is 36.8 Å². The van der Waals surface area contributed by atoms with Crippen LogP contribution in [0.4, 0.5) is 4.79 Å². The molecule has 0 spiro atoms. The Morgan fingerprint density at radius 3 is 2.43 bits per heavy atom. The van der Waals surface area contributed by atoms with E-state index in [2.05, 4.69) is 0 Å². The molecule has 2 aromatic carbocycles. The Labute approximate surface area is 162 Å². The van der Waals surface area contributed by atoms with Crippen LogP contribution < -0.4 is 9.47 Å². The van der Waals surface area contributed by atoms with Crippen LogP contribution in [0.25, 0.3) is 0 Å². The van der Waals surface area contributed by atoms with E-state index in [0.717, 1.165) is 5.56 Å². The molecule has 0 saturated carbocycles. The number of rotatable bonds is 5. The lowest BCUT2D eigenvalue weighted by Crippen LogP contribution is -2.46. The fourth-order valence-corrected chi connectivity index (χ4v) is 3.74. The van der Waals surface area contributed by atoms with Crippen molar-refractivity contribution >= 4 is 12.1 Å². The van der Waals surface area contributed by atoms with E-state index in [1.54, 1.807) is 31.4 Å². The number of benzene rings is 2. The first-order valence-corrected chi connectivity index (χ1v) is 9.10. The zero-order valence-electron chi connectivity index (χ0n) is 15.6. The highest BCUT2D eigenvalue weighted by Crippen LogP contribution is 2.36. The van der Waals surface area contributed by atoms with Gasteiger partial charge in [0.2, 0.25) is 0 Å². The number of methoxy groups -OCH3 is 1. The Balaban J connectivity index is 1.57. The first-order valence-electron chi connectivity index (χ1n) is 9.10. The molecule has 2 aliphatic rings. The lowest BCUT2D eigenvalue weighted by atomic mass is 10.1. The van der Waals surface area contributed by atoms with Gasteiger partial charge in [-0.15, -0.1) is 0 Å². The molecule has 0 N–H and O–H groups in total.